The molecule has 0 bridgehead atoms. The Hall–Kier alpha value is -1.13. The Morgan fingerprint density at radius 3 is 3.00 bits per heavy atom. The van der Waals surface area contributed by atoms with E-state index in [4.69, 9.17) is 4.74 Å². The summed E-state index contributed by atoms with van der Waals surface area (Å²) in [6.07, 6.45) is 9.93. The van der Waals surface area contributed by atoms with Crippen molar-refractivity contribution < 1.29 is 4.74 Å². The van der Waals surface area contributed by atoms with Gasteiger partial charge in [0.05, 0.1) is 13.2 Å². The number of nitrogens with one attached hydrogen (secondary N) is 1. The molecule has 0 spiro atoms. The number of allylic oxidation sites excluding steroid dienone is 2. The molecule has 0 unspecified atom stereocenters. The summed E-state index contributed by atoms with van der Waals surface area (Å²) in [5.74, 6) is 0. The lowest BCUT2D eigenvalue weighted by Crippen LogP contribution is -2.23. The van der Waals surface area contributed by atoms with E-state index in [1.54, 1.807) is 0 Å². The molecule has 21 heavy (non-hydrogen) atoms. The molecule has 0 amide bonds. The molecular formula is C17H29N3O. The molecule has 4 nitrogen and oxygen atoms in total. The Labute approximate surface area is 128 Å². The summed E-state index contributed by atoms with van der Waals surface area (Å²) < 4.78 is 5.57. The van der Waals surface area contributed by atoms with Gasteiger partial charge in [0.1, 0.15) is 0 Å². The molecule has 0 aromatic carbocycles. The number of hydrogen-bond donors (Lipinski definition) is 1. The fourth-order valence-electron chi connectivity index (χ4n) is 2.76. The molecule has 2 aliphatic rings. The van der Waals surface area contributed by atoms with E-state index in [2.05, 4.69) is 41.6 Å². The van der Waals surface area contributed by atoms with Crippen molar-refractivity contribution in [3.63, 3.8) is 0 Å². The summed E-state index contributed by atoms with van der Waals surface area (Å²) in [5.41, 5.74) is 7.31. The molecule has 4 heteroatoms. The molecule has 0 atom stereocenters. The summed E-state index contributed by atoms with van der Waals surface area (Å²) in [6.45, 7) is 7.02. The smallest absolute Gasteiger partial charge is 0.0716 e. The minimum atomic E-state index is 0.771. The molecule has 0 aromatic rings. The maximum absolute atomic E-state index is 5.57. The number of nitrogens with zero attached hydrogens (tertiary/aromatic N) is 2. The summed E-state index contributed by atoms with van der Waals surface area (Å²) in [6, 6.07) is 0. The quantitative estimate of drug-likeness (QED) is 0.868. The van der Waals surface area contributed by atoms with Crippen molar-refractivity contribution in [2.24, 2.45) is 5.10 Å². The van der Waals surface area contributed by atoms with Gasteiger partial charge in [0.25, 0.3) is 0 Å². The van der Waals surface area contributed by atoms with Crippen molar-refractivity contribution in [1.82, 2.24) is 10.3 Å². The van der Waals surface area contributed by atoms with Gasteiger partial charge in [-0.1, -0.05) is 19.1 Å². The largest absolute Gasteiger partial charge is 0.376 e. The monoisotopic (exact) mass is 291 g/mol. The van der Waals surface area contributed by atoms with Crippen LogP contribution in [0.3, 0.4) is 0 Å². The zero-order valence-electron chi connectivity index (χ0n) is 13.5. The van der Waals surface area contributed by atoms with E-state index in [0.29, 0.717) is 0 Å². The van der Waals surface area contributed by atoms with Crippen LogP contribution in [0.5, 0.6) is 0 Å². The highest BCUT2D eigenvalue weighted by Crippen LogP contribution is 2.21. The first kappa shape index (κ1) is 16.2. The van der Waals surface area contributed by atoms with E-state index >= 15 is 0 Å². The number of rotatable bonds is 3. The maximum atomic E-state index is 5.57. The minimum Gasteiger partial charge on any atom is -0.376 e. The third-order valence-corrected chi connectivity index (χ3v) is 4.07. The standard InChI is InChI=1S/C17H29N3O/c1-3-5-16-14-21-13-9-15(16)6-7-17-8-12-20(2)11-4-10-18-19-17/h5-6,18H,3-4,7-14H2,1-2H3/b15-6-,16-5-,19-17-. The van der Waals surface area contributed by atoms with E-state index in [0.717, 1.165) is 65.0 Å². The first-order chi connectivity index (χ1) is 10.3. The Morgan fingerprint density at radius 1 is 1.24 bits per heavy atom. The van der Waals surface area contributed by atoms with Gasteiger partial charge < -0.3 is 15.1 Å². The average molecular weight is 291 g/mol. The van der Waals surface area contributed by atoms with Crippen LogP contribution in [0.25, 0.3) is 0 Å². The summed E-state index contributed by atoms with van der Waals surface area (Å²) in [5, 5.41) is 4.58. The molecule has 0 aromatic heterocycles. The Kier molecular flexibility index (Phi) is 6.96. The fourth-order valence-corrected chi connectivity index (χ4v) is 2.76. The highest BCUT2D eigenvalue weighted by Gasteiger charge is 2.12. The highest BCUT2D eigenvalue weighted by atomic mass is 16.5. The molecule has 1 saturated heterocycles. The SMILES string of the molecule is CC/C=C1/COCC/C1=C/C/C1=N/NCCCN(C)CC1. The van der Waals surface area contributed by atoms with E-state index in [1.807, 2.05) is 0 Å². The molecule has 1 N–H and O–H groups in total. The van der Waals surface area contributed by atoms with Crippen LogP contribution in [0, 0.1) is 0 Å². The van der Waals surface area contributed by atoms with E-state index < -0.39 is 0 Å². The molecule has 118 valence electrons. The lowest BCUT2D eigenvalue weighted by atomic mass is 9.98. The second-order valence-corrected chi connectivity index (χ2v) is 5.87. The van der Waals surface area contributed by atoms with E-state index in [9.17, 15) is 0 Å². The van der Waals surface area contributed by atoms with Crippen LogP contribution in [-0.2, 0) is 4.74 Å². The van der Waals surface area contributed by atoms with Crippen molar-refractivity contribution >= 4 is 5.71 Å². The van der Waals surface area contributed by atoms with E-state index in [-0.39, 0.29) is 0 Å². The number of hydrazone groups is 1. The van der Waals surface area contributed by atoms with Gasteiger partial charge in [0.2, 0.25) is 0 Å². The Bertz CT molecular complexity index is 412. The van der Waals surface area contributed by atoms with Gasteiger partial charge in [-0.2, -0.15) is 5.10 Å². The van der Waals surface area contributed by atoms with Gasteiger partial charge in [-0.15, -0.1) is 0 Å². The zero-order chi connectivity index (χ0) is 14.9. The fraction of sp³-hybridized carbons (Fsp3) is 0.706. The molecule has 2 aliphatic heterocycles. The Balaban J connectivity index is 1.97. The summed E-state index contributed by atoms with van der Waals surface area (Å²) in [7, 11) is 2.20. The Morgan fingerprint density at radius 2 is 2.14 bits per heavy atom. The normalized spacial score (nSPS) is 28.4. The summed E-state index contributed by atoms with van der Waals surface area (Å²) in [4.78, 5) is 2.40. The molecule has 2 heterocycles. The van der Waals surface area contributed by atoms with Crippen molar-refractivity contribution in [2.45, 2.75) is 39.0 Å². The third kappa shape index (κ3) is 5.64. The van der Waals surface area contributed by atoms with Gasteiger partial charge in [-0.05, 0) is 44.0 Å². The van der Waals surface area contributed by atoms with Gasteiger partial charge in [0.15, 0.2) is 0 Å². The van der Waals surface area contributed by atoms with Gasteiger partial charge in [0, 0.05) is 31.6 Å². The second kappa shape index (κ2) is 9.00. The van der Waals surface area contributed by atoms with Gasteiger partial charge >= 0.3 is 0 Å². The van der Waals surface area contributed by atoms with Gasteiger partial charge in [-0.3, -0.25) is 0 Å². The highest BCUT2D eigenvalue weighted by molar-refractivity contribution is 5.86. The predicted octanol–water partition coefficient (Wildman–Crippen LogP) is 2.73. The molecule has 0 radical (unpaired) electrons. The molecular weight excluding hydrogens is 262 g/mol. The van der Waals surface area contributed by atoms with Crippen LogP contribution >= 0.6 is 0 Å². The molecule has 0 saturated carbocycles. The zero-order valence-corrected chi connectivity index (χ0v) is 13.5. The van der Waals surface area contributed by atoms with Crippen LogP contribution in [0.15, 0.2) is 28.4 Å². The summed E-state index contributed by atoms with van der Waals surface area (Å²) >= 11 is 0. The van der Waals surface area contributed by atoms with Crippen LogP contribution in [-0.4, -0.2) is 50.5 Å². The first-order valence-corrected chi connectivity index (χ1v) is 8.22. The lowest BCUT2D eigenvalue weighted by molar-refractivity contribution is 0.145. The third-order valence-electron chi connectivity index (χ3n) is 4.07. The molecule has 1 fully saturated rings. The van der Waals surface area contributed by atoms with Crippen molar-refractivity contribution in [3.05, 3.63) is 23.3 Å². The van der Waals surface area contributed by atoms with Crippen molar-refractivity contribution in [2.75, 3.05) is 39.9 Å². The van der Waals surface area contributed by atoms with Crippen molar-refractivity contribution in [1.29, 1.82) is 0 Å². The van der Waals surface area contributed by atoms with Crippen LogP contribution in [0.2, 0.25) is 0 Å². The number of hydrogen-bond acceptors (Lipinski definition) is 4. The maximum Gasteiger partial charge on any atom is 0.0716 e. The lowest BCUT2D eigenvalue weighted by Gasteiger charge is -2.19. The molecule has 2 rings (SSSR count). The predicted molar refractivity (Wildman–Crippen MR) is 88.7 cm³/mol. The first-order valence-electron chi connectivity index (χ1n) is 8.22. The van der Waals surface area contributed by atoms with Crippen LogP contribution < -0.4 is 5.43 Å². The van der Waals surface area contributed by atoms with Crippen LogP contribution in [0.4, 0.5) is 0 Å². The van der Waals surface area contributed by atoms with Gasteiger partial charge in [-0.25, -0.2) is 0 Å². The average Bonchev–Trinajstić information content (AvgIpc) is 2.59. The topological polar surface area (TPSA) is 36.9 Å². The second-order valence-electron chi connectivity index (χ2n) is 5.87. The number of ether oxygens (including phenoxy) is 1. The van der Waals surface area contributed by atoms with Crippen LogP contribution in [0.1, 0.15) is 39.0 Å². The van der Waals surface area contributed by atoms with E-state index in [1.165, 1.54) is 16.9 Å². The van der Waals surface area contributed by atoms with Crippen molar-refractivity contribution in [3.8, 4) is 0 Å². The molecule has 0 aliphatic carbocycles. The minimum absolute atomic E-state index is 0.771.